The minimum Gasteiger partial charge on any atom is -0.352 e. The van der Waals surface area contributed by atoms with E-state index in [4.69, 9.17) is 0 Å². The van der Waals surface area contributed by atoms with E-state index < -0.39 is 28.5 Å². The average Bonchev–Trinajstić information content (AvgIpc) is 2.80. The Labute approximate surface area is 224 Å². The van der Waals surface area contributed by atoms with Gasteiger partial charge in [-0.1, -0.05) is 67.9 Å². The van der Waals surface area contributed by atoms with E-state index in [1.54, 1.807) is 19.1 Å². The van der Waals surface area contributed by atoms with Crippen LogP contribution in [0.25, 0.3) is 0 Å². The number of rotatable bonds is 10. The lowest BCUT2D eigenvalue weighted by Gasteiger charge is -2.32. The predicted molar refractivity (Wildman–Crippen MR) is 149 cm³/mol. The molecule has 36 heavy (non-hydrogen) atoms. The molecule has 0 radical (unpaired) electrons. The van der Waals surface area contributed by atoms with Gasteiger partial charge in [0.2, 0.25) is 21.8 Å². The van der Waals surface area contributed by atoms with Crippen molar-refractivity contribution >= 4 is 43.5 Å². The first kappa shape index (κ1) is 29.8. The maximum absolute atomic E-state index is 13.6. The molecule has 2 atom stereocenters. The molecule has 0 unspecified atom stereocenters. The molecule has 0 heterocycles. The number of nitrogens with one attached hydrogen (secondary N) is 1. The lowest BCUT2D eigenvalue weighted by Crippen LogP contribution is -2.52. The molecule has 1 N–H and O–H groups in total. The van der Waals surface area contributed by atoms with E-state index in [2.05, 4.69) is 42.0 Å². The summed E-state index contributed by atoms with van der Waals surface area (Å²) in [5.41, 5.74) is 2.19. The highest BCUT2D eigenvalue weighted by Gasteiger charge is 2.30. The molecule has 0 aromatic heterocycles. The SMILES string of the molecule is CC[C@H](C)NC(=O)[C@@H](C)N(Cc1ccc(Br)cc1)C(=O)CN(c1ccc(C(C)(C)C)cc1)S(C)(=O)=O. The van der Waals surface area contributed by atoms with Crippen molar-refractivity contribution in [2.45, 2.75) is 72.0 Å². The maximum Gasteiger partial charge on any atom is 0.244 e. The summed E-state index contributed by atoms with van der Waals surface area (Å²) >= 11 is 3.41. The monoisotopic (exact) mass is 579 g/mol. The Hall–Kier alpha value is -2.39. The Kier molecular flexibility index (Phi) is 10.1. The van der Waals surface area contributed by atoms with Crippen LogP contribution in [-0.2, 0) is 31.6 Å². The van der Waals surface area contributed by atoms with Gasteiger partial charge in [0, 0.05) is 17.1 Å². The lowest BCUT2D eigenvalue weighted by atomic mass is 9.87. The van der Waals surface area contributed by atoms with Crippen LogP contribution in [0.2, 0.25) is 0 Å². The molecular weight excluding hydrogens is 542 g/mol. The van der Waals surface area contributed by atoms with Crippen molar-refractivity contribution in [3.8, 4) is 0 Å². The molecule has 0 aliphatic heterocycles. The van der Waals surface area contributed by atoms with Crippen molar-refractivity contribution in [1.29, 1.82) is 0 Å². The van der Waals surface area contributed by atoms with Gasteiger partial charge in [0.05, 0.1) is 11.9 Å². The molecule has 9 heteroatoms. The normalized spacial score (nSPS) is 13.6. The number of anilines is 1. The molecule has 0 spiro atoms. The molecule has 0 saturated carbocycles. The molecule has 2 amide bonds. The highest BCUT2D eigenvalue weighted by molar-refractivity contribution is 9.10. The van der Waals surface area contributed by atoms with Crippen molar-refractivity contribution in [3.63, 3.8) is 0 Å². The second-order valence-electron chi connectivity index (χ2n) is 10.2. The molecule has 2 aromatic carbocycles. The fraction of sp³-hybridized carbons (Fsp3) is 0.481. The van der Waals surface area contributed by atoms with Crippen LogP contribution in [0.5, 0.6) is 0 Å². The first-order valence-electron chi connectivity index (χ1n) is 12.1. The zero-order valence-electron chi connectivity index (χ0n) is 22.2. The fourth-order valence-corrected chi connectivity index (χ4v) is 4.69. The van der Waals surface area contributed by atoms with Crippen molar-refractivity contribution < 1.29 is 18.0 Å². The number of carbonyl (C=O) groups excluding carboxylic acids is 2. The van der Waals surface area contributed by atoms with Gasteiger partial charge >= 0.3 is 0 Å². The topological polar surface area (TPSA) is 86.8 Å². The Morgan fingerprint density at radius 3 is 2.03 bits per heavy atom. The quantitative estimate of drug-likeness (QED) is 0.436. The van der Waals surface area contributed by atoms with Gasteiger partial charge in [-0.15, -0.1) is 0 Å². The summed E-state index contributed by atoms with van der Waals surface area (Å²) in [6.45, 7) is 11.5. The number of benzene rings is 2. The van der Waals surface area contributed by atoms with E-state index in [0.29, 0.717) is 5.69 Å². The van der Waals surface area contributed by atoms with Crippen LogP contribution >= 0.6 is 15.9 Å². The molecule has 0 fully saturated rings. The first-order valence-corrected chi connectivity index (χ1v) is 14.7. The highest BCUT2D eigenvalue weighted by atomic mass is 79.9. The third-order valence-electron chi connectivity index (χ3n) is 6.14. The number of sulfonamides is 1. The van der Waals surface area contributed by atoms with Crippen LogP contribution in [-0.4, -0.2) is 50.0 Å². The van der Waals surface area contributed by atoms with Crippen LogP contribution in [0, 0.1) is 0 Å². The maximum atomic E-state index is 13.6. The second kappa shape index (κ2) is 12.2. The summed E-state index contributed by atoms with van der Waals surface area (Å²) in [5, 5.41) is 2.92. The average molecular weight is 581 g/mol. The van der Waals surface area contributed by atoms with Crippen molar-refractivity contribution in [2.75, 3.05) is 17.1 Å². The second-order valence-corrected chi connectivity index (χ2v) is 13.0. The number of halogens is 1. The minimum absolute atomic E-state index is 0.0431. The summed E-state index contributed by atoms with van der Waals surface area (Å²) in [5.74, 6) is -0.745. The van der Waals surface area contributed by atoms with Gasteiger partial charge in [0.1, 0.15) is 12.6 Å². The van der Waals surface area contributed by atoms with E-state index in [1.165, 1.54) is 4.90 Å². The molecule has 0 bridgehead atoms. The Bertz CT molecular complexity index is 1140. The van der Waals surface area contributed by atoms with Crippen LogP contribution in [0.3, 0.4) is 0 Å². The lowest BCUT2D eigenvalue weighted by molar-refractivity contribution is -0.139. The molecular formula is C27H38BrN3O4S. The third kappa shape index (κ3) is 8.34. The zero-order valence-corrected chi connectivity index (χ0v) is 24.6. The summed E-state index contributed by atoms with van der Waals surface area (Å²) < 4.78 is 27.4. The van der Waals surface area contributed by atoms with Crippen LogP contribution in [0.4, 0.5) is 5.69 Å². The standard InChI is InChI=1S/C27H38BrN3O4S/c1-8-19(2)29-26(33)20(3)30(17-21-9-13-23(28)14-10-21)25(32)18-31(36(7,34)35)24-15-11-22(12-16-24)27(4,5)6/h9-16,19-20H,8,17-18H2,1-7H3,(H,29,33)/t19-,20+/m0/s1. The van der Waals surface area contributed by atoms with E-state index in [9.17, 15) is 18.0 Å². The van der Waals surface area contributed by atoms with Crippen LogP contribution in [0.1, 0.15) is 59.1 Å². The highest BCUT2D eigenvalue weighted by Crippen LogP contribution is 2.26. The van der Waals surface area contributed by atoms with Crippen molar-refractivity contribution in [3.05, 3.63) is 64.1 Å². The smallest absolute Gasteiger partial charge is 0.244 e. The largest absolute Gasteiger partial charge is 0.352 e. The fourth-order valence-electron chi connectivity index (χ4n) is 3.58. The number of amides is 2. The Morgan fingerprint density at radius 2 is 1.56 bits per heavy atom. The minimum atomic E-state index is -3.76. The summed E-state index contributed by atoms with van der Waals surface area (Å²) in [6, 6.07) is 13.8. The molecule has 0 saturated heterocycles. The van der Waals surface area contributed by atoms with Crippen LogP contribution in [0.15, 0.2) is 53.0 Å². The number of carbonyl (C=O) groups is 2. The van der Waals surface area contributed by atoms with Gasteiger partial charge in [0.15, 0.2) is 0 Å². The number of hydrogen-bond acceptors (Lipinski definition) is 4. The molecule has 198 valence electrons. The number of nitrogens with zero attached hydrogens (tertiary/aromatic N) is 2. The zero-order chi connectivity index (χ0) is 27.3. The molecule has 7 nitrogen and oxygen atoms in total. The van der Waals surface area contributed by atoms with Gasteiger partial charge in [-0.25, -0.2) is 8.42 Å². The third-order valence-corrected chi connectivity index (χ3v) is 7.80. The predicted octanol–water partition coefficient (Wildman–Crippen LogP) is 4.84. The van der Waals surface area contributed by atoms with E-state index >= 15 is 0 Å². The van der Waals surface area contributed by atoms with E-state index in [-0.39, 0.29) is 23.9 Å². The molecule has 0 aliphatic rings. The Morgan fingerprint density at radius 1 is 1.00 bits per heavy atom. The van der Waals surface area contributed by atoms with Crippen molar-refractivity contribution in [2.24, 2.45) is 0 Å². The summed E-state index contributed by atoms with van der Waals surface area (Å²) in [6.07, 6.45) is 1.83. The van der Waals surface area contributed by atoms with Gasteiger partial charge in [-0.2, -0.15) is 0 Å². The van der Waals surface area contributed by atoms with Gasteiger partial charge in [0.25, 0.3) is 0 Å². The number of hydrogen-bond donors (Lipinski definition) is 1. The first-order chi connectivity index (χ1) is 16.6. The molecule has 2 aromatic rings. The van der Waals surface area contributed by atoms with Gasteiger partial charge in [-0.05, 0) is 61.1 Å². The van der Waals surface area contributed by atoms with E-state index in [1.807, 2.05) is 50.2 Å². The Balaban J connectivity index is 2.39. The summed E-state index contributed by atoms with van der Waals surface area (Å²) in [4.78, 5) is 28.0. The molecule has 0 aliphatic carbocycles. The van der Waals surface area contributed by atoms with E-state index in [0.717, 1.165) is 32.6 Å². The van der Waals surface area contributed by atoms with Gasteiger partial charge in [-0.3, -0.25) is 13.9 Å². The summed E-state index contributed by atoms with van der Waals surface area (Å²) in [7, 11) is -3.76. The van der Waals surface area contributed by atoms with Gasteiger partial charge < -0.3 is 10.2 Å². The molecule has 2 rings (SSSR count). The van der Waals surface area contributed by atoms with Crippen LogP contribution < -0.4 is 9.62 Å². The van der Waals surface area contributed by atoms with Crippen molar-refractivity contribution in [1.82, 2.24) is 10.2 Å².